The molecule has 1 aromatic carbocycles. The van der Waals surface area contributed by atoms with Crippen molar-refractivity contribution in [3.05, 3.63) is 48.2 Å². The first-order chi connectivity index (χ1) is 11.5. The molecular weight excluding hydrogens is 316 g/mol. The fourth-order valence-corrected chi connectivity index (χ4v) is 6.42. The average molecular weight is 346 g/mol. The lowest BCUT2D eigenvalue weighted by atomic mass is 9.89. The first-order valence-corrected chi connectivity index (χ1v) is 11.5. The van der Waals surface area contributed by atoms with Gasteiger partial charge in [-0.05, 0) is 30.9 Å². The Morgan fingerprint density at radius 1 is 1.29 bits per heavy atom. The largest absolute Gasteiger partial charge is 0.373 e. The van der Waals surface area contributed by atoms with Crippen LogP contribution in [0.25, 0.3) is 0 Å². The Morgan fingerprint density at radius 3 is 2.50 bits per heavy atom. The maximum absolute atomic E-state index is 12.2. The zero-order chi connectivity index (χ0) is 17.6. The number of hydrogen-bond donors (Lipinski definition) is 0. The van der Waals surface area contributed by atoms with Gasteiger partial charge in [-0.15, -0.1) is 6.58 Å². The van der Waals surface area contributed by atoms with E-state index in [4.69, 9.17) is 9.78 Å². The summed E-state index contributed by atoms with van der Waals surface area (Å²) >= 11 is 0. The minimum Gasteiger partial charge on any atom is -0.292 e. The van der Waals surface area contributed by atoms with Crippen LogP contribution in [-0.2, 0) is 9.78 Å². The molecule has 0 aliphatic heterocycles. The van der Waals surface area contributed by atoms with Gasteiger partial charge in [-0.3, -0.25) is 4.89 Å². The van der Waals surface area contributed by atoms with Gasteiger partial charge in [0.05, 0.1) is 5.56 Å². The summed E-state index contributed by atoms with van der Waals surface area (Å²) in [6.07, 6.45) is 4.97. The predicted molar refractivity (Wildman–Crippen MR) is 100 cm³/mol. The average Bonchev–Trinajstić information content (AvgIpc) is 2.62. The second-order valence-corrected chi connectivity index (χ2v) is 11.6. The second-order valence-electron chi connectivity index (χ2n) is 6.84. The number of rotatable bonds is 7. The van der Waals surface area contributed by atoms with E-state index in [-0.39, 0.29) is 0 Å². The van der Waals surface area contributed by atoms with E-state index in [1.165, 1.54) is 11.6 Å². The molecule has 0 N–H and O–H groups in total. The highest BCUT2D eigenvalue weighted by Crippen LogP contribution is 2.31. The van der Waals surface area contributed by atoms with E-state index in [0.29, 0.717) is 11.5 Å². The van der Waals surface area contributed by atoms with Gasteiger partial charge in [0.1, 0.15) is 14.2 Å². The molecule has 0 bridgehead atoms. The Hall–Kier alpha value is -1.39. The summed E-state index contributed by atoms with van der Waals surface area (Å²) < 4.78 is 0. The molecule has 1 atom stereocenters. The van der Waals surface area contributed by atoms with Crippen molar-refractivity contribution >= 4 is 19.2 Å². The third kappa shape index (κ3) is 4.36. The summed E-state index contributed by atoms with van der Waals surface area (Å²) in [5.41, 5.74) is 2.67. The molecule has 2 rings (SSSR count). The monoisotopic (exact) mass is 345 g/mol. The topological polar surface area (TPSA) is 35.5 Å². The van der Waals surface area contributed by atoms with Crippen LogP contribution in [0.5, 0.6) is 0 Å². The number of benzene rings is 1. The van der Waals surface area contributed by atoms with Gasteiger partial charge in [0, 0.05) is 0 Å². The van der Waals surface area contributed by atoms with Crippen molar-refractivity contribution in [1.29, 1.82) is 0 Å². The van der Waals surface area contributed by atoms with Gasteiger partial charge in [-0.25, -0.2) is 4.79 Å². The van der Waals surface area contributed by atoms with Gasteiger partial charge in [0.25, 0.3) is 0 Å². The number of hydrogen-bond acceptors (Lipinski definition) is 3. The van der Waals surface area contributed by atoms with Gasteiger partial charge < -0.3 is 0 Å². The summed E-state index contributed by atoms with van der Waals surface area (Å²) in [6, 6.07) is 10.0. The first-order valence-electron chi connectivity index (χ1n) is 9.02. The molecule has 1 aliphatic rings. The highest BCUT2D eigenvalue weighted by molar-refractivity contribution is 6.95. The molecule has 1 aromatic rings. The van der Waals surface area contributed by atoms with Crippen LogP contribution in [-0.4, -0.2) is 14.0 Å². The van der Waals surface area contributed by atoms with Gasteiger partial charge in [0.15, 0.2) is 0 Å². The Kier molecular flexibility index (Phi) is 6.81. The fourth-order valence-electron chi connectivity index (χ4n) is 3.46. The van der Waals surface area contributed by atoms with Crippen molar-refractivity contribution in [2.24, 2.45) is 5.92 Å². The van der Waals surface area contributed by atoms with Gasteiger partial charge in [0.2, 0.25) is 0 Å². The molecule has 131 valence electrons. The van der Waals surface area contributed by atoms with Gasteiger partial charge in [-0.1, -0.05) is 68.7 Å². The molecule has 0 aromatic heterocycles. The molecule has 1 unspecified atom stereocenters. The molecule has 0 spiro atoms. The van der Waals surface area contributed by atoms with E-state index in [0.717, 1.165) is 37.5 Å². The highest BCUT2D eigenvalue weighted by Gasteiger charge is 2.28. The van der Waals surface area contributed by atoms with Crippen molar-refractivity contribution in [2.45, 2.75) is 58.5 Å². The smallest absolute Gasteiger partial charge is 0.292 e. The van der Waals surface area contributed by atoms with Gasteiger partial charge >= 0.3 is 5.97 Å². The van der Waals surface area contributed by atoms with Crippen LogP contribution in [0.4, 0.5) is 0 Å². The van der Waals surface area contributed by atoms with E-state index in [1.54, 1.807) is 0 Å². The van der Waals surface area contributed by atoms with Crippen LogP contribution < -0.4 is 5.19 Å². The second kappa shape index (κ2) is 8.63. The van der Waals surface area contributed by atoms with Crippen molar-refractivity contribution in [3.63, 3.8) is 0 Å². The number of carbonyl (C=O) groups is 1. The molecule has 0 amide bonds. The van der Waals surface area contributed by atoms with Gasteiger partial charge in [-0.2, -0.15) is 4.89 Å². The summed E-state index contributed by atoms with van der Waals surface area (Å²) in [4.78, 5) is 22.5. The Morgan fingerprint density at radius 2 is 1.96 bits per heavy atom. The van der Waals surface area contributed by atoms with E-state index in [2.05, 4.69) is 33.0 Å². The zero-order valence-corrected chi connectivity index (χ0v) is 16.1. The SMILES string of the molecule is C=C[Si](CC)(CC)c1ccc(C(=O)OO[C]2CCCC(C)C2)cc1. The Balaban J connectivity index is 1.97. The summed E-state index contributed by atoms with van der Waals surface area (Å²) in [5.74, 6) is 0.179. The number of carbonyl (C=O) groups excluding carboxylic acids is 1. The predicted octanol–water partition coefficient (Wildman–Crippen LogP) is 4.94. The zero-order valence-electron chi connectivity index (χ0n) is 15.1. The lowest BCUT2D eigenvalue weighted by Gasteiger charge is -2.26. The van der Waals surface area contributed by atoms with Crippen molar-refractivity contribution in [2.75, 3.05) is 0 Å². The molecule has 0 saturated heterocycles. The molecule has 1 fully saturated rings. The highest BCUT2D eigenvalue weighted by atomic mass is 28.3. The van der Waals surface area contributed by atoms with Crippen molar-refractivity contribution < 1.29 is 14.6 Å². The maximum atomic E-state index is 12.2. The molecule has 0 heterocycles. The third-order valence-corrected chi connectivity index (χ3v) is 10.1. The van der Waals surface area contributed by atoms with Crippen LogP contribution in [0.3, 0.4) is 0 Å². The quantitative estimate of drug-likeness (QED) is 0.399. The molecule has 24 heavy (non-hydrogen) atoms. The molecule has 3 nitrogen and oxygen atoms in total. The van der Waals surface area contributed by atoms with E-state index < -0.39 is 14.0 Å². The van der Waals surface area contributed by atoms with Crippen LogP contribution in [0.1, 0.15) is 56.8 Å². The molecular formula is C20H29O3Si. The van der Waals surface area contributed by atoms with Crippen LogP contribution in [0.15, 0.2) is 36.5 Å². The fraction of sp³-hybridized carbons (Fsp3) is 0.500. The summed E-state index contributed by atoms with van der Waals surface area (Å²) in [7, 11) is -1.63. The molecule has 1 radical (unpaired) electrons. The summed E-state index contributed by atoms with van der Waals surface area (Å²) in [6.45, 7) is 10.7. The normalized spacial score (nSPS) is 19.0. The molecule has 1 aliphatic carbocycles. The maximum Gasteiger partial charge on any atom is 0.373 e. The minimum atomic E-state index is -1.63. The van der Waals surface area contributed by atoms with Crippen molar-refractivity contribution in [1.82, 2.24) is 0 Å². The van der Waals surface area contributed by atoms with E-state index in [1.807, 2.05) is 24.3 Å². The van der Waals surface area contributed by atoms with E-state index >= 15 is 0 Å². The van der Waals surface area contributed by atoms with Crippen LogP contribution in [0.2, 0.25) is 12.1 Å². The Bertz CT molecular complexity index is 549. The van der Waals surface area contributed by atoms with Crippen LogP contribution in [0, 0.1) is 12.0 Å². The summed E-state index contributed by atoms with van der Waals surface area (Å²) in [5, 5.41) is 1.32. The Labute approximate surface area is 147 Å². The van der Waals surface area contributed by atoms with Crippen LogP contribution >= 0.6 is 0 Å². The molecule has 1 saturated carbocycles. The van der Waals surface area contributed by atoms with Crippen molar-refractivity contribution in [3.8, 4) is 0 Å². The van der Waals surface area contributed by atoms with E-state index in [9.17, 15) is 4.79 Å². The minimum absolute atomic E-state index is 0.425. The lowest BCUT2D eigenvalue weighted by molar-refractivity contribution is -0.241. The lowest BCUT2D eigenvalue weighted by Crippen LogP contribution is -2.44. The standard InChI is InChI=1S/C20H29O3Si/c1-5-24(6-2,7-3)19-13-11-17(12-14-19)20(21)23-22-18-10-8-9-16(4)15-18/h5,11-14,16H,1,6-10,15H2,2-4H3. The third-order valence-electron chi connectivity index (χ3n) is 5.31. The first kappa shape index (κ1) is 18.9. The molecule has 4 heteroatoms.